The average Bonchev–Trinajstić information content (AvgIpc) is 2.33. The number of nitrogens with one attached hydrogen (secondary N) is 2. The third-order valence-corrected chi connectivity index (χ3v) is 5.35. The van der Waals surface area contributed by atoms with E-state index in [0.29, 0.717) is 25.5 Å². The molecule has 2 atom stereocenters. The molecule has 0 saturated carbocycles. The van der Waals surface area contributed by atoms with Crippen LogP contribution < -0.4 is 10.0 Å². The predicted octanol–water partition coefficient (Wildman–Crippen LogP) is 2.57. The molecule has 0 bridgehead atoms. The van der Waals surface area contributed by atoms with E-state index in [1.54, 1.807) is 0 Å². The Balaban J connectivity index is 0.00000220. The Morgan fingerprint density at radius 2 is 2.00 bits per heavy atom. The fraction of sp³-hybridized carbons (Fsp3) is 0.500. The normalized spacial score (nSPS) is 22.7. The van der Waals surface area contributed by atoms with Crippen LogP contribution in [0.2, 0.25) is 0 Å². The maximum Gasteiger partial charge on any atom is 0.243 e. The largest absolute Gasteiger partial charge is 0.314 e. The van der Waals surface area contributed by atoms with E-state index in [-0.39, 0.29) is 29.0 Å². The van der Waals surface area contributed by atoms with Gasteiger partial charge in [-0.05, 0) is 54.4 Å². The summed E-state index contributed by atoms with van der Waals surface area (Å²) >= 11 is 2.81. The third kappa shape index (κ3) is 4.59. The van der Waals surface area contributed by atoms with Crippen LogP contribution in [0.4, 0.5) is 8.78 Å². The third-order valence-electron chi connectivity index (χ3n) is 3.21. The topological polar surface area (TPSA) is 58.2 Å². The van der Waals surface area contributed by atoms with Gasteiger partial charge in [0.15, 0.2) is 0 Å². The molecule has 9 heteroatoms. The van der Waals surface area contributed by atoms with E-state index in [9.17, 15) is 17.2 Å². The van der Waals surface area contributed by atoms with Crippen molar-refractivity contribution in [1.29, 1.82) is 0 Å². The molecule has 2 unspecified atom stereocenters. The Labute approximate surface area is 137 Å². The van der Waals surface area contributed by atoms with Crippen molar-refractivity contribution in [3.63, 3.8) is 0 Å². The molecule has 1 aromatic carbocycles. The van der Waals surface area contributed by atoms with Crippen LogP contribution in [-0.4, -0.2) is 27.0 Å². The Kier molecular flexibility index (Phi) is 6.54. The van der Waals surface area contributed by atoms with Crippen molar-refractivity contribution in [2.45, 2.75) is 36.7 Å². The van der Waals surface area contributed by atoms with Gasteiger partial charge in [0.1, 0.15) is 16.5 Å². The average molecular weight is 406 g/mol. The van der Waals surface area contributed by atoms with Crippen LogP contribution in [-0.2, 0) is 10.0 Å². The zero-order chi connectivity index (χ0) is 14.9. The van der Waals surface area contributed by atoms with Crippen LogP contribution in [0.25, 0.3) is 0 Å². The summed E-state index contributed by atoms with van der Waals surface area (Å²) in [6.45, 7) is 2.63. The van der Waals surface area contributed by atoms with E-state index in [1.807, 2.05) is 6.92 Å². The van der Waals surface area contributed by atoms with E-state index < -0.39 is 26.6 Å². The molecular weight excluding hydrogens is 390 g/mol. The first-order valence-electron chi connectivity index (χ1n) is 6.20. The molecule has 1 aliphatic rings. The molecule has 4 nitrogen and oxygen atoms in total. The van der Waals surface area contributed by atoms with Gasteiger partial charge < -0.3 is 5.32 Å². The fourth-order valence-electron chi connectivity index (χ4n) is 2.23. The van der Waals surface area contributed by atoms with Gasteiger partial charge >= 0.3 is 0 Å². The molecule has 0 aliphatic carbocycles. The molecule has 1 aromatic rings. The minimum atomic E-state index is -4.07. The number of piperidine rings is 1. The molecule has 21 heavy (non-hydrogen) atoms. The summed E-state index contributed by atoms with van der Waals surface area (Å²) in [7, 11) is -4.07. The first kappa shape index (κ1) is 18.8. The first-order chi connectivity index (χ1) is 9.29. The molecule has 2 rings (SSSR count). The summed E-state index contributed by atoms with van der Waals surface area (Å²) in [5, 5.41) is 3.19. The Morgan fingerprint density at radius 1 is 1.33 bits per heavy atom. The lowest BCUT2D eigenvalue weighted by atomic mass is 10.0. The van der Waals surface area contributed by atoms with Crippen molar-refractivity contribution in [1.82, 2.24) is 10.0 Å². The van der Waals surface area contributed by atoms with Gasteiger partial charge in [0.05, 0.1) is 4.47 Å². The smallest absolute Gasteiger partial charge is 0.243 e. The summed E-state index contributed by atoms with van der Waals surface area (Å²) in [4.78, 5) is -0.663. The lowest BCUT2D eigenvalue weighted by Gasteiger charge is -2.28. The summed E-state index contributed by atoms with van der Waals surface area (Å²) < 4.78 is 53.8. The van der Waals surface area contributed by atoms with Crippen LogP contribution in [0.1, 0.15) is 19.8 Å². The van der Waals surface area contributed by atoms with Crippen molar-refractivity contribution in [3.05, 3.63) is 28.2 Å². The van der Waals surface area contributed by atoms with Crippen LogP contribution in [0, 0.1) is 11.6 Å². The highest BCUT2D eigenvalue weighted by atomic mass is 79.9. The van der Waals surface area contributed by atoms with Crippen molar-refractivity contribution < 1.29 is 17.2 Å². The van der Waals surface area contributed by atoms with E-state index >= 15 is 0 Å². The summed E-state index contributed by atoms with van der Waals surface area (Å²) in [6, 6.07) is 1.41. The Hall–Kier alpha value is -0.280. The zero-order valence-corrected chi connectivity index (χ0v) is 14.4. The van der Waals surface area contributed by atoms with E-state index in [1.165, 1.54) is 0 Å². The first-order valence-corrected chi connectivity index (χ1v) is 8.47. The van der Waals surface area contributed by atoms with Gasteiger partial charge in [-0.1, -0.05) is 0 Å². The maximum atomic E-state index is 13.7. The number of halogens is 4. The molecule has 120 valence electrons. The number of hydrogen-bond acceptors (Lipinski definition) is 3. The predicted molar refractivity (Wildman–Crippen MR) is 82.1 cm³/mol. The zero-order valence-electron chi connectivity index (χ0n) is 11.2. The molecule has 1 saturated heterocycles. The second kappa shape index (κ2) is 7.32. The molecule has 1 heterocycles. The van der Waals surface area contributed by atoms with Gasteiger partial charge in [-0.2, -0.15) is 0 Å². The number of hydrogen-bond donors (Lipinski definition) is 2. The molecule has 0 amide bonds. The molecule has 1 aliphatic heterocycles. The standard InChI is InChI=1S/C12H15BrF2N2O2S.ClH/c1-7-4-8(2-3-16-7)17-20(18,19)12-6-10(14)9(13)5-11(12)15;/h5-8,16-17H,2-4H2,1H3;1H. The van der Waals surface area contributed by atoms with Gasteiger partial charge in [0.25, 0.3) is 0 Å². The van der Waals surface area contributed by atoms with Crippen molar-refractivity contribution >= 4 is 38.4 Å². The second-order valence-corrected chi connectivity index (χ2v) is 7.43. The SMILES string of the molecule is CC1CC(NS(=O)(=O)c2cc(F)c(Br)cc2F)CCN1.Cl. The lowest BCUT2D eigenvalue weighted by molar-refractivity contribution is 0.361. The number of sulfonamides is 1. The van der Waals surface area contributed by atoms with Crippen LogP contribution >= 0.6 is 28.3 Å². The quantitative estimate of drug-likeness (QED) is 0.760. The molecule has 0 radical (unpaired) electrons. The molecule has 2 N–H and O–H groups in total. The van der Waals surface area contributed by atoms with E-state index in [2.05, 4.69) is 26.0 Å². The highest BCUT2D eigenvalue weighted by Crippen LogP contribution is 2.24. The van der Waals surface area contributed by atoms with Gasteiger partial charge in [-0.25, -0.2) is 21.9 Å². The van der Waals surface area contributed by atoms with Gasteiger partial charge in [0, 0.05) is 12.1 Å². The molecule has 0 spiro atoms. The molecular formula is C12H16BrClF2N2O2S. The summed E-state index contributed by atoms with van der Waals surface area (Å²) in [6.07, 6.45) is 1.23. The molecule has 0 aromatic heterocycles. The lowest BCUT2D eigenvalue weighted by Crippen LogP contribution is -2.46. The number of benzene rings is 1. The Bertz CT molecular complexity index is 616. The highest BCUT2D eigenvalue weighted by molar-refractivity contribution is 9.10. The van der Waals surface area contributed by atoms with Crippen molar-refractivity contribution in [3.8, 4) is 0 Å². The highest BCUT2D eigenvalue weighted by Gasteiger charge is 2.27. The second-order valence-electron chi connectivity index (χ2n) is 4.89. The monoisotopic (exact) mass is 404 g/mol. The van der Waals surface area contributed by atoms with Crippen LogP contribution in [0.15, 0.2) is 21.5 Å². The molecule has 1 fully saturated rings. The van der Waals surface area contributed by atoms with E-state index in [4.69, 9.17) is 0 Å². The fourth-order valence-corrected chi connectivity index (χ4v) is 3.90. The van der Waals surface area contributed by atoms with Gasteiger partial charge in [-0.15, -0.1) is 12.4 Å². The van der Waals surface area contributed by atoms with E-state index in [0.717, 1.165) is 6.07 Å². The minimum Gasteiger partial charge on any atom is -0.314 e. The minimum absolute atomic E-state index is 0. The van der Waals surface area contributed by atoms with Crippen LogP contribution in [0.5, 0.6) is 0 Å². The Morgan fingerprint density at radius 3 is 2.62 bits per heavy atom. The van der Waals surface area contributed by atoms with Gasteiger partial charge in [0.2, 0.25) is 10.0 Å². The number of rotatable bonds is 3. The van der Waals surface area contributed by atoms with Crippen LogP contribution in [0.3, 0.4) is 0 Å². The maximum absolute atomic E-state index is 13.7. The summed E-state index contributed by atoms with van der Waals surface area (Å²) in [5.74, 6) is -1.79. The van der Waals surface area contributed by atoms with Crippen molar-refractivity contribution in [2.75, 3.05) is 6.54 Å². The van der Waals surface area contributed by atoms with Crippen molar-refractivity contribution in [2.24, 2.45) is 0 Å². The van der Waals surface area contributed by atoms with Gasteiger partial charge in [-0.3, -0.25) is 0 Å². The summed E-state index contributed by atoms with van der Waals surface area (Å²) in [5.41, 5.74) is 0.